The van der Waals surface area contributed by atoms with E-state index < -0.39 is 11.7 Å². The molecule has 5 rings (SSSR count). The highest BCUT2D eigenvalue weighted by Gasteiger charge is 2.52. The van der Waals surface area contributed by atoms with E-state index in [0.717, 1.165) is 31.5 Å². The van der Waals surface area contributed by atoms with Crippen LogP contribution in [0.2, 0.25) is 0 Å². The molecule has 1 aliphatic carbocycles. The van der Waals surface area contributed by atoms with Crippen LogP contribution in [-0.4, -0.2) is 43.9 Å². The number of halogens is 3. The molecule has 1 amide bonds. The molecule has 2 fully saturated rings. The van der Waals surface area contributed by atoms with Crippen molar-refractivity contribution >= 4 is 11.7 Å². The Balaban J connectivity index is 1.41. The van der Waals surface area contributed by atoms with E-state index in [1.165, 1.54) is 6.07 Å². The maximum Gasteiger partial charge on any atom is 0.417 e. The first-order valence-corrected chi connectivity index (χ1v) is 11.4. The number of benzene rings is 1. The summed E-state index contributed by atoms with van der Waals surface area (Å²) in [6.07, 6.45) is 2.24. The number of carbonyl (C=O) groups excluding carboxylic acids is 1. The molecule has 1 saturated carbocycles. The number of carbonyl (C=O) groups is 1. The van der Waals surface area contributed by atoms with Crippen molar-refractivity contribution in [2.24, 2.45) is 5.92 Å². The van der Waals surface area contributed by atoms with Gasteiger partial charge in [0.05, 0.1) is 17.2 Å². The van der Waals surface area contributed by atoms with Gasteiger partial charge in [-0.15, -0.1) is 0 Å². The Kier molecular flexibility index (Phi) is 5.71. The van der Waals surface area contributed by atoms with Gasteiger partial charge in [0.25, 0.3) is 5.91 Å². The summed E-state index contributed by atoms with van der Waals surface area (Å²) in [4.78, 5) is 28.4. The fraction of sp³-hybridized carbons (Fsp3) is 0.360. The van der Waals surface area contributed by atoms with Gasteiger partial charge in [0.2, 0.25) is 0 Å². The highest BCUT2D eigenvalue weighted by molar-refractivity contribution is 6.00. The number of fused-ring (bicyclic) bond motifs is 2. The third kappa shape index (κ3) is 3.99. The molecule has 1 saturated heterocycles. The van der Waals surface area contributed by atoms with Gasteiger partial charge >= 0.3 is 6.18 Å². The number of piperidine rings is 1. The largest absolute Gasteiger partial charge is 0.417 e. The number of amides is 1. The molecule has 34 heavy (non-hydrogen) atoms. The van der Waals surface area contributed by atoms with Gasteiger partial charge in [-0.25, -0.2) is 15.0 Å². The van der Waals surface area contributed by atoms with Crippen molar-refractivity contribution < 1.29 is 18.0 Å². The van der Waals surface area contributed by atoms with Gasteiger partial charge in [-0.2, -0.15) is 13.2 Å². The monoisotopic (exact) mass is 467 g/mol. The van der Waals surface area contributed by atoms with E-state index in [1.807, 2.05) is 23.1 Å². The molecule has 9 heteroatoms. The Bertz CT molecular complexity index is 1170. The zero-order valence-corrected chi connectivity index (χ0v) is 18.5. The van der Waals surface area contributed by atoms with Crippen molar-refractivity contribution in [1.82, 2.24) is 19.9 Å². The lowest BCUT2D eigenvalue weighted by Gasteiger charge is -2.40. The van der Waals surface area contributed by atoms with Crippen molar-refractivity contribution in [3.05, 3.63) is 72.2 Å². The van der Waals surface area contributed by atoms with E-state index in [9.17, 15) is 18.0 Å². The summed E-state index contributed by atoms with van der Waals surface area (Å²) in [7, 11) is 0. The minimum atomic E-state index is -4.43. The molecular weight excluding hydrogens is 443 g/mol. The molecular formula is C25H24F3N5O. The zero-order valence-electron chi connectivity index (χ0n) is 18.5. The van der Waals surface area contributed by atoms with Crippen LogP contribution in [0.1, 0.15) is 42.1 Å². The molecule has 2 aromatic heterocycles. The molecule has 1 aliphatic heterocycles. The summed E-state index contributed by atoms with van der Waals surface area (Å²) in [6, 6.07) is 11.4. The van der Waals surface area contributed by atoms with Gasteiger partial charge in [0, 0.05) is 36.2 Å². The number of rotatable bonds is 5. The normalized spacial score (nSPS) is 23.8. The highest BCUT2D eigenvalue weighted by Crippen LogP contribution is 2.46. The van der Waals surface area contributed by atoms with Crippen LogP contribution in [0.25, 0.3) is 11.4 Å². The van der Waals surface area contributed by atoms with Gasteiger partial charge in [-0.3, -0.25) is 4.79 Å². The predicted octanol–water partition coefficient (Wildman–Crippen LogP) is 5.05. The van der Waals surface area contributed by atoms with Crippen molar-refractivity contribution in [2.75, 3.05) is 5.32 Å². The number of aromatic nitrogens is 3. The number of alkyl halides is 3. The van der Waals surface area contributed by atoms with Crippen LogP contribution >= 0.6 is 0 Å². The van der Waals surface area contributed by atoms with E-state index in [2.05, 4.69) is 27.2 Å². The average Bonchev–Trinajstić information content (AvgIpc) is 3.42. The molecule has 0 unspecified atom stereocenters. The fourth-order valence-corrected chi connectivity index (χ4v) is 5.41. The highest BCUT2D eigenvalue weighted by atomic mass is 19.4. The molecule has 3 aromatic rings. The first-order chi connectivity index (χ1) is 16.4. The maximum absolute atomic E-state index is 13.9. The molecule has 6 nitrogen and oxygen atoms in total. The number of hydrogen-bond donors (Lipinski definition) is 1. The maximum atomic E-state index is 13.9. The van der Waals surface area contributed by atoms with Gasteiger partial charge in [-0.05, 0) is 49.4 Å². The second-order valence-corrected chi connectivity index (χ2v) is 8.79. The third-order valence-corrected chi connectivity index (χ3v) is 6.87. The summed E-state index contributed by atoms with van der Waals surface area (Å²) in [5, 5.41) is 3.28. The van der Waals surface area contributed by atoms with Gasteiger partial charge in [0.1, 0.15) is 5.82 Å². The van der Waals surface area contributed by atoms with Gasteiger partial charge in [0.15, 0.2) is 5.82 Å². The first-order valence-electron chi connectivity index (χ1n) is 11.4. The molecule has 1 aromatic carbocycles. The van der Waals surface area contributed by atoms with E-state index in [0.29, 0.717) is 28.7 Å². The minimum absolute atomic E-state index is 0.0729. The number of nitrogens with zero attached hydrogens (tertiary/aromatic N) is 4. The van der Waals surface area contributed by atoms with E-state index >= 15 is 0 Å². The number of pyridine rings is 1. The molecule has 0 radical (unpaired) electrons. The standard InChI is InChI=1S/C25H24F3N5O/c1-2-20-15-12-19(32-22-9-8-16(14-31-22)25(26,27)28)21(13-15)33(20)24(34)18-7-4-3-6-17(18)23-29-10-5-11-30-23/h3-11,14-15,19-21H,2,12-13H2,1H3,(H,31,32)/t15-,19-,20-,21+/m1/s1. The SMILES string of the molecule is CC[C@@H]1[C@@H]2C[C@@H](Nc3ccc(C(F)(F)F)cn3)[C@H](C2)N1C(=O)c1ccccc1-c1ncccn1. The number of hydrogen-bond acceptors (Lipinski definition) is 5. The number of likely N-dealkylation sites (tertiary alicyclic amines) is 1. The minimum Gasteiger partial charge on any atom is -0.365 e. The zero-order chi connectivity index (χ0) is 23.9. The van der Waals surface area contributed by atoms with Crippen molar-refractivity contribution in [1.29, 1.82) is 0 Å². The van der Waals surface area contributed by atoms with Gasteiger partial charge in [-0.1, -0.05) is 25.1 Å². The van der Waals surface area contributed by atoms with E-state index in [1.54, 1.807) is 24.5 Å². The first kappa shape index (κ1) is 22.3. The molecule has 2 aliphatic rings. The van der Waals surface area contributed by atoms with Gasteiger partial charge < -0.3 is 10.2 Å². The second-order valence-electron chi connectivity index (χ2n) is 8.79. The summed E-state index contributed by atoms with van der Waals surface area (Å²) in [5.74, 6) is 1.12. The van der Waals surface area contributed by atoms with Crippen LogP contribution in [0.15, 0.2) is 61.1 Å². The quantitative estimate of drug-likeness (QED) is 0.569. The molecule has 3 heterocycles. The molecule has 4 atom stereocenters. The number of anilines is 1. The summed E-state index contributed by atoms with van der Waals surface area (Å²) in [6.45, 7) is 2.08. The molecule has 1 N–H and O–H groups in total. The average molecular weight is 467 g/mol. The van der Waals surface area contributed by atoms with Crippen LogP contribution in [0.4, 0.5) is 19.0 Å². The van der Waals surface area contributed by atoms with Crippen LogP contribution in [0.5, 0.6) is 0 Å². The van der Waals surface area contributed by atoms with E-state index in [4.69, 9.17) is 0 Å². The second kappa shape index (κ2) is 8.70. The summed E-state index contributed by atoms with van der Waals surface area (Å²) in [5.41, 5.74) is 0.444. The summed E-state index contributed by atoms with van der Waals surface area (Å²) < 4.78 is 38.6. The third-order valence-electron chi connectivity index (χ3n) is 6.87. The fourth-order valence-electron chi connectivity index (χ4n) is 5.41. The topological polar surface area (TPSA) is 71.0 Å². The molecule has 2 bridgehead atoms. The van der Waals surface area contributed by atoms with Crippen LogP contribution in [0, 0.1) is 5.92 Å². The smallest absolute Gasteiger partial charge is 0.365 e. The van der Waals surface area contributed by atoms with Crippen molar-refractivity contribution in [3.63, 3.8) is 0 Å². The van der Waals surface area contributed by atoms with Crippen LogP contribution in [0.3, 0.4) is 0 Å². The summed E-state index contributed by atoms with van der Waals surface area (Å²) >= 11 is 0. The molecule has 0 spiro atoms. The number of nitrogens with one attached hydrogen (secondary N) is 1. The molecule has 176 valence electrons. The van der Waals surface area contributed by atoms with Crippen LogP contribution in [-0.2, 0) is 6.18 Å². The predicted molar refractivity (Wildman–Crippen MR) is 121 cm³/mol. The lowest BCUT2D eigenvalue weighted by Crippen LogP contribution is -2.52. The lowest BCUT2D eigenvalue weighted by molar-refractivity contribution is -0.137. The lowest BCUT2D eigenvalue weighted by atomic mass is 9.93. The van der Waals surface area contributed by atoms with E-state index in [-0.39, 0.29) is 24.0 Å². The Labute approximate surface area is 195 Å². The Morgan fingerprint density at radius 1 is 1.06 bits per heavy atom. The van der Waals surface area contributed by atoms with Crippen molar-refractivity contribution in [2.45, 2.75) is 50.5 Å². The Morgan fingerprint density at radius 3 is 2.50 bits per heavy atom. The van der Waals surface area contributed by atoms with Crippen molar-refractivity contribution in [3.8, 4) is 11.4 Å². The Hall–Kier alpha value is -3.49. The Morgan fingerprint density at radius 2 is 1.82 bits per heavy atom. The van der Waals surface area contributed by atoms with Crippen LogP contribution < -0.4 is 5.32 Å².